The minimum atomic E-state index is -0.0612. The quantitative estimate of drug-likeness (QED) is 0.741. The van der Waals surface area contributed by atoms with Gasteiger partial charge in [0.25, 0.3) is 0 Å². The number of aliphatic hydroxyl groups excluding tert-OH is 1. The van der Waals surface area contributed by atoms with Gasteiger partial charge >= 0.3 is 0 Å². The first kappa shape index (κ1) is 15.5. The average Bonchev–Trinajstić information content (AvgIpc) is 2.53. The molecule has 1 saturated carbocycles. The Labute approximate surface area is 104 Å². The van der Waals surface area contributed by atoms with Crippen LogP contribution in [-0.4, -0.2) is 41.3 Å². The first-order valence-corrected chi connectivity index (χ1v) is 5.45. The van der Waals surface area contributed by atoms with E-state index in [1.165, 1.54) is 19.3 Å². The topological polar surface area (TPSA) is 49.5 Å². The Kier molecular flexibility index (Phi) is 7.13. The molecule has 2 fully saturated rings. The second-order valence-electron chi connectivity index (χ2n) is 4.43. The van der Waals surface area contributed by atoms with E-state index in [1.54, 1.807) is 0 Å². The second kappa shape index (κ2) is 6.92. The van der Waals surface area contributed by atoms with Crippen molar-refractivity contribution in [3.63, 3.8) is 0 Å². The van der Waals surface area contributed by atoms with Crippen molar-refractivity contribution in [1.29, 1.82) is 0 Å². The van der Waals surface area contributed by atoms with Crippen molar-refractivity contribution in [1.82, 2.24) is 4.90 Å². The zero-order chi connectivity index (χ0) is 9.26. The van der Waals surface area contributed by atoms with Gasteiger partial charge in [-0.15, -0.1) is 24.8 Å². The highest BCUT2D eigenvalue weighted by atomic mass is 35.5. The van der Waals surface area contributed by atoms with E-state index in [4.69, 9.17) is 5.73 Å². The maximum absolute atomic E-state index is 9.38. The molecule has 15 heavy (non-hydrogen) atoms. The lowest BCUT2D eigenvalue weighted by molar-refractivity contribution is 0.0585. The Morgan fingerprint density at radius 1 is 1.00 bits per heavy atom. The number of halogens is 2. The van der Waals surface area contributed by atoms with Crippen molar-refractivity contribution in [2.75, 3.05) is 13.1 Å². The van der Waals surface area contributed by atoms with Crippen molar-refractivity contribution >= 4 is 24.8 Å². The van der Waals surface area contributed by atoms with Crippen LogP contribution in [0.4, 0.5) is 0 Å². The van der Waals surface area contributed by atoms with Crippen LogP contribution < -0.4 is 5.73 Å². The lowest BCUT2D eigenvalue weighted by atomic mass is 10.0. The van der Waals surface area contributed by atoms with Gasteiger partial charge in [0.15, 0.2) is 0 Å². The lowest BCUT2D eigenvalue weighted by Gasteiger charge is -2.36. The molecule has 1 heterocycles. The Balaban J connectivity index is 0.000000980. The molecule has 2 atom stereocenters. The largest absolute Gasteiger partial charge is 0.393 e. The van der Waals surface area contributed by atoms with E-state index >= 15 is 0 Å². The molecule has 1 saturated heterocycles. The molecule has 0 aromatic carbocycles. The maximum atomic E-state index is 9.38. The van der Waals surface area contributed by atoms with Gasteiger partial charge in [0.2, 0.25) is 0 Å². The zero-order valence-electron chi connectivity index (χ0n) is 8.97. The van der Waals surface area contributed by atoms with Crippen molar-refractivity contribution in [2.24, 2.45) is 5.73 Å². The van der Waals surface area contributed by atoms with Crippen LogP contribution in [0.1, 0.15) is 32.1 Å². The summed E-state index contributed by atoms with van der Waals surface area (Å²) in [5, 5.41) is 9.38. The molecule has 3 nitrogen and oxygen atoms in total. The smallest absolute Gasteiger partial charge is 0.0564 e. The summed E-state index contributed by atoms with van der Waals surface area (Å²) in [4.78, 5) is 2.48. The van der Waals surface area contributed by atoms with E-state index in [0.717, 1.165) is 25.9 Å². The maximum Gasteiger partial charge on any atom is 0.0564 e. The van der Waals surface area contributed by atoms with Gasteiger partial charge in [0.05, 0.1) is 6.10 Å². The third-order valence-electron chi connectivity index (χ3n) is 3.50. The number of aliphatic hydroxyl groups is 1. The third-order valence-corrected chi connectivity index (χ3v) is 3.50. The minimum Gasteiger partial charge on any atom is -0.393 e. The molecular weight excluding hydrogens is 235 g/mol. The number of hydrogen-bond acceptors (Lipinski definition) is 3. The first-order valence-electron chi connectivity index (χ1n) is 5.45. The molecule has 2 rings (SSSR count). The van der Waals surface area contributed by atoms with Gasteiger partial charge in [-0.3, -0.25) is 4.90 Å². The molecule has 1 aliphatic carbocycles. The van der Waals surface area contributed by atoms with Crippen molar-refractivity contribution in [3.8, 4) is 0 Å². The van der Waals surface area contributed by atoms with E-state index < -0.39 is 0 Å². The van der Waals surface area contributed by atoms with E-state index in [9.17, 15) is 5.11 Å². The van der Waals surface area contributed by atoms with E-state index in [1.807, 2.05) is 0 Å². The zero-order valence-corrected chi connectivity index (χ0v) is 10.6. The minimum absolute atomic E-state index is 0. The van der Waals surface area contributed by atoms with Crippen LogP contribution in [0.15, 0.2) is 0 Å². The highest BCUT2D eigenvalue weighted by Gasteiger charge is 2.31. The Morgan fingerprint density at radius 2 is 1.60 bits per heavy atom. The van der Waals surface area contributed by atoms with Crippen LogP contribution in [-0.2, 0) is 0 Å². The molecule has 5 heteroatoms. The van der Waals surface area contributed by atoms with Gasteiger partial charge in [-0.2, -0.15) is 0 Å². The summed E-state index contributed by atoms with van der Waals surface area (Å²) in [7, 11) is 0. The van der Waals surface area contributed by atoms with Crippen LogP contribution in [0, 0.1) is 0 Å². The first-order chi connectivity index (χ1) is 6.27. The highest BCUT2D eigenvalue weighted by Crippen LogP contribution is 2.25. The predicted octanol–water partition coefficient (Wildman–Crippen LogP) is 1.17. The molecular formula is C10H22Cl2N2O. The summed E-state index contributed by atoms with van der Waals surface area (Å²) >= 11 is 0. The monoisotopic (exact) mass is 256 g/mol. The molecule has 0 aromatic rings. The van der Waals surface area contributed by atoms with Gasteiger partial charge in [0, 0.05) is 25.2 Å². The van der Waals surface area contributed by atoms with Gasteiger partial charge in [0.1, 0.15) is 0 Å². The normalized spacial score (nSPS) is 33.2. The fourth-order valence-electron chi connectivity index (χ4n) is 2.64. The highest BCUT2D eigenvalue weighted by molar-refractivity contribution is 5.85. The standard InChI is InChI=1S/C10H20N2O.2ClH/c11-9-2-1-3-10(9)12-6-4-8(13)5-7-12;;/h8-10,13H,1-7,11H2;2*1H. The van der Waals surface area contributed by atoms with Crippen molar-refractivity contribution in [2.45, 2.75) is 50.3 Å². The number of rotatable bonds is 1. The molecule has 2 aliphatic rings. The van der Waals surface area contributed by atoms with Crippen molar-refractivity contribution < 1.29 is 5.11 Å². The number of piperidine rings is 1. The van der Waals surface area contributed by atoms with Crippen LogP contribution in [0.25, 0.3) is 0 Å². The van der Waals surface area contributed by atoms with Gasteiger partial charge in [-0.1, -0.05) is 6.42 Å². The molecule has 92 valence electrons. The molecule has 0 spiro atoms. The molecule has 0 radical (unpaired) electrons. The van der Waals surface area contributed by atoms with Crippen LogP contribution in [0.2, 0.25) is 0 Å². The number of nitrogens with zero attached hydrogens (tertiary/aromatic N) is 1. The molecule has 2 unspecified atom stereocenters. The summed E-state index contributed by atoms with van der Waals surface area (Å²) in [6, 6.07) is 0.989. The summed E-state index contributed by atoms with van der Waals surface area (Å²) in [5.74, 6) is 0. The van der Waals surface area contributed by atoms with Gasteiger partial charge in [-0.05, 0) is 25.7 Å². The Hall–Kier alpha value is 0.460. The summed E-state index contributed by atoms with van der Waals surface area (Å²) < 4.78 is 0. The summed E-state index contributed by atoms with van der Waals surface area (Å²) in [6.45, 7) is 2.08. The van der Waals surface area contributed by atoms with Crippen LogP contribution >= 0.6 is 24.8 Å². The summed E-state index contributed by atoms with van der Waals surface area (Å²) in [5.41, 5.74) is 6.04. The van der Waals surface area contributed by atoms with Gasteiger partial charge < -0.3 is 10.8 Å². The van der Waals surface area contributed by atoms with Gasteiger partial charge in [-0.25, -0.2) is 0 Å². The third kappa shape index (κ3) is 3.75. The fourth-order valence-corrected chi connectivity index (χ4v) is 2.64. The van der Waals surface area contributed by atoms with E-state index in [0.29, 0.717) is 12.1 Å². The predicted molar refractivity (Wildman–Crippen MR) is 66.9 cm³/mol. The molecule has 1 aliphatic heterocycles. The average molecular weight is 257 g/mol. The number of nitrogens with two attached hydrogens (primary N) is 1. The SMILES string of the molecule is Cl.Cl.NC1CCCC1N1CCC(O)CC1. The number of likely N-dealkylation sites (tertiary alicyclic amines) is 1. The molecule has 3 N–H and O–H groups in total. The molecule has 0 aromatic heterocycles. The Bertz CT molecular complexity index is 175. The second-order valence-corrected chi connectivity index (χ2v) is 4.43. The van der Waals surface area contributed by atoms with E-state index in [-0.39, 0.29) is 30.9 Å². The molecule has 0 bridgehead atoms. The molecule has 0 amide bonds. The van der Waals surface area contributed by atoms with Crippen LogP contribution in [0.3, 0.4) is 0 Å². The fraction of sp³-hybridized carbons (Fsp3) is 1.00. The van der Waals surface area contributed by atoms with E-state index in [2.05, 4.69) is 4.90 Å². The Morgan fingerprint density at radius 3 is 2.07 bits per heavy atom. The lowest BCUT2D eigenvalue weighted by Crippen LogP contribution is -2.48. The van der Waals surface area contributed by atoms with Crippen LogP contribution in [0.5, 0.6) is 0 Å². The van der Waals surface area contributed by atoms with Crippen molar-refractivity contribution in [3.05, 3.63) is 0 Å². The summed E-state index contributed by atoms with van der Waals surface area (Å²) in [6.07, 6.45) is 5.53. The number of hydrogen-bond donors (Lipinski definition) is 2.